The first-order chi connectivity index (χ1) is 18.3. The van der Waals surface area contributed by atoms with Crippen LogP contribution in [0.15, 0.2) is 42.9 Å². The molecule has 11 heteroatoms. The first-order valence-electron chi connectivity index (χ1n) is 12.4. The Labute approximate surface area is 220 Å². The lowest BCUT2D eigenvalue weighted by Gasteiger charge is -2.42. The summed E-state index contributed by atoms with van der Waals surface area (Å²) in [5.41, 5.74) is 1.33. The van der Waals surface area contributed by atoms with Gasteiger partial charge in [0, 0.05) is 32.8 Å². The number of hydrogen-bond donors (Lipinski definition) is 0. The molecule has 0 aliphatic carbocycles. The number of carbonyl (C=O) groups excluding carboxylic acids is 3. The number of nitriles is 1. The van der Waals surface area contributed by atoms with Gasteiger partial charge in [0.1, 0.15) is 24.3 Å². The molecule has 0 bridgehead atoms. The van der Waals surface area contributed by atoms with Crippen LogP contribution in [0.1, 0.15) is 31.7 Å². The highest BCUT2D eigenvalue weighted by Crippen LogP contribution is 2.30. The van der Waals surface area contributed by atoms with Crippen LogP contribution < -0.4 is 9.64 Å². The van der Waals surface area contributed by atoms with Crippen molar-refractivity contribution < 1.29 is 23.9 Å². The van der Waals surface area contributed by atoms with E-state index < -0.39 is 6.09 Å². The van der Waals surface area contributed by atoms with Crippen molar-refractivity contribution in [2.24, 2.45) is 5.92 Å². The minimum Gasteiger partial charge on any atom is -0.469 e. The number of aromatic nitrogens is 3. The van der Waals surface area contributed by atoms with E-state index in [4.69, 9.17) is 10.00 Å². The van der Waals surface area contributed by atoms with Crippen LogP contribution in [0.5, 0.6) is 5.75 Å². The number of anilines is 1. The van der Waals surface area contributed by atoms with Gasteiger partial charge in [-0.05, 0) is 42.5 Å². The van der Waals surface area contributed by atoms with Crippen molar-refractivity contribution in [2.75, 3.05) is 32.1 Å². The van der Waals surface area contributed by atoms with Gasteiger partial charge in [-0.25, -0.2) is 19.3 Å². The third kappa shape index (κ3) is 5.75. The maximum absolute atomic E-state index is 13.0. The summed E-state index contributed by atoms with van der Waals surface area (Å²) in [6.07, 6.45) is 3.86. The monoisotopic (exact) mass is 518 g/mol. The molecule has 0 radical (unpaired) electrons. The third-order valence-electron chi connectivity index (χ3n) is 6.96. The molecule has 1 aromatic carbocycles. The summed E-state index contributed by atoms with van der Waals surface area (Å²) in [6.45, 7) is 3.25. The fourth-order valence-corrected chi connectivity index (χ4v) is 4.71. The zero-order valence-electron chi connectivity index (χ0n) is 21.7. The Bertz CT molecular complexity index is 1360. The predicted molar refractivity (Wildman–Crippen MR) is 139 cm³/mol. The lowest BCUT2D eigenvalue weighted by molar-refractivity contribution is -0.140. The first-order valence-corrected chi connectivity index (χ1v) is 12.4. The molecular formula is C27H30N6O5. The van der Waals surface area contributed by atoms with Gasteiger partial charge in [-0.15, -0.1) is 0 Å². The van der Waals surface area contributed by atoms with Crippen LogP contribution in [-0.2, 0) is 20.7 Å². The van der Waals surface area contributed by atoms with Crippen molar-refractivity contribution in [1.82, 2.24) is 19.4 Å². The number of rotatable bonds is 7. The summed E-state index contributed by atoms with van der Waals surface area (Å²) < 4.78 is 11.5. The molecule has 1 fully saturated rings. The van der Waals surface area contributed by atoms with Gasteiger partial charge in [-0.1, -0.05) is 19.1 Å². The smallest absolute Gasteiger partial charge is 0.425 e. The van der Waals surface area contributed by atoms with Gasteiger partial charge < -0.3 is 19.3 Å². The van der Waals surface area contributed by atoms with Crippen LogP contribution in [0.3, 0.4) is 0 Å². The number of fused-ring (bicyclic) bond motifs is 1. The number of methoxy groups -OCH3 is 1. The van der Waals surface area contributed by atoms with Gasteiger partial charge in [-0.2, -0.15) is 5.26 Å². The number of likely N-dealkylation sites (N-methyl/N-ethyl adjacent to an activating group) is 1. The van der Waals surface area contributed by atoms with Gasteiger partial charge in [0.2, 0.25) is 5.91 Å². The summed E-state index contributed by atoms with van der Waals surface area (Å²) in [4.78, 5) is 49.2. The highest BCUT2D eigenvalue weighted by Gasteiger charge is 2.33. The van der Waals surface area contributed by atoms with Crippen LogP contribution in [0.25, 0.3) is 11.0 Å². The Morgan fingerprint density at radius 3 is 2.66 bits per heavy atom. The van der Waals surface area contributed by atoms with Gasteiger partial charge in [0.15, 0.2) is 5.65 Å². The maximum Gasteiger partial charge on any atom is 0.425 e. The highest BCUT2D eigenvalue weighted by molar-refractivity contribution is 5.94. The molecule has 4 rings (SSSR count). The fraction of sp³-hybridized carbons (Fsp3) is 0.407. The number of carbonyl (C=O) groups is 3. The molecule has 1 aliphatic rings. The van der Waals surface area contributed by atoms with E-state index >= 15 is 0 Å². The van der Waals surface area contributed by atoms with Crippen molar-refractivity contribution in [3.05, 3.63) is 48.4 Å². The number of benzene rings is 1. The molecule has 3 heterocycles. The van der Waals surface area contributed by atoms with E-state index in [2.05, 4.69) is 21.6 Å². The van der Waals surface area contributed by atoms with Crippen LogP contribution in [-0.4, -0.2) is 70.7 Å². The molecule has 2 aromatic heterocycles. The molecular weight excluding hydrogens is 488 g/mol. The van der Waals surface area contributed by atoms with E-state index in [1.165, 1.54) is 18.0 Å². The summed E-state index contributed by atoms with van der Waals surface area (Å²) in [7, 11) is 3.27. The van der Waals surface area contributed by atoms with Crippen LogP contribution in [0.4, 0.5) is 10.6 Å². The van der Waals surface area contributed by atoms with E-state index in [1.54, 1.807) is 41.4 Å². The van der Waals surface area contributed by atoms with Gasteiger partial charge in [0.05, 0.1) is 24.6 Å². The van der Waals surface area contributed by atoms with Crippen molar-refractivity contribution in [3.63, 3.8) is 0 Å². The number of likely N-dealkylation sites (tertiary alicyclic amines) is 1. The average molecular weight is 519 g/mol. The number of esters is 1. The topological polar surface area (TPSA) is 131 Å². The van der Waals surface area contributed by atoms with Crippen molar-refractivity contribution in [3.8, 4) is 11.8 Å². The van der Waals surface area contributed by atoms with E-state index in [0.29, 0.717) is 48.0 Å². The number of piperidine rings is 1. The molecule has 38 heavy (non-hydrogen) atoms. The van der Waals surface area contributed by atoms with Crippen molar-refractivity contribution in [1.29, 1.82) is 5.26 Å². The lowest BCUT2D eigenvalue weighted by Crippen LogP contribution is -2.52. The Balaban J connectivity index is 1.49. The van der Waals surface area contributed by atoms with Gasteiger partial charge in [-0.3, -0.25) is 9.59 Å². The summed E-state index contributed by atoms with van der Waals surface area (Å²) in [5, 5.41) is 9.59. The first kappa shape index (κ1) is 26.6. The largest absolute Gasteiger partial charge is 0.469 e. The minimum absolute atomic E-state index is 0.0162. The maximum atomic E-state index is 13.0. The lowest BCUT2D eigenvalue weighted by atomic mass is 9.92. The molecule has 1 aliphatic heterocycles. The van der Waals surface area contributed by atoms with Crippen LogP contribution >= 0.6 is 0 Å². The third-order valence-corrected chi connectivity index (χ3v) is 6.96. The SMILES string of the molecule is COC(=O)CCc1ccc(OC(=O)n2ccc3c(N(C)[C@H]4CN(C(=O)CC#N)CC[C@H]4C)ncnc32)cc1. The fourth-order valence-electron chi connectivity index (χ4n) is 4.71. The Morgan fingerprint density at radius 1 is 1.18 bits per heavy atom. The second-order valence-corrected chi connectivity index (χ2v) is 9.33. The normalized spacial score (nSPS) is 17.1. The van der Waals surface area contributed by atoms with Gasteiger partial charge >= 0.3 is 12.1 Å². The Hall–Kier alpha value is -4.46. The van der Waals surface area contributed by atoms with Crippen LogP contribution in [0.2, 0.25) is 0 Å². The number of hydrogen-bond acceptors (Lipinski definition) is 9. The standard InChI is InChI=1S/C27H30N6O5/c1-18-11-14-32(23(34)10-13-28)16-22(18)31(2)25-21-12-15-33(26(21)30-17-29-25)27(36)38-20-7-4-19(5-8-20)6-9-24(35)37-3/h4-5,7-8,12,15,17-18,22H,6,9-11,14,16H2,1-3H3/t18-,22+/m1/s1. The highest BCUT2D eigenvalue weighted by atomic mass is 16.6. The molecule has 1 amide bonds. The summed E-state index contributed by atoms with van der Waals surface area (Å²) >= 11 is 0. The zero-order chi connectivity index (χ0) is 27.2. The molecule has 1 saturated heterocycles. The number of amides is 1. The summed E-state index contributed by atoms with van der Waals surface area (Å²) in [5.74, 6) is 0.843. The zero-order valence-corrected chi connectivity index (χ0v) is 21.7. The van der Waals surface area contributed by atoms with Crippen LogP contribution in [0, 0.1) is 17.2 Å². The second-order valence-electron chi connectivity index (χ2n) is 9.33. The van der Waals surface area contributed by atoms with E-state index in [0.717, 1.165) is 12.0 Å². The summed E-state index contributed by atoms with van der Waals surface area (Å²) in [6, 6.07) is 10.6. The van der Waals surface area contributed by atoms with E-state index in [-0.39, 0.29) is 30.8 Å². The van der Waals surface area contributed by atoms with E-state index in [1.807, 2.05) is 18.0 Å². The second kappa shape index (κ2) is 11.7. The number of ether oxygens (including phenoxy) is 2. The number of aryl methyl sites for hydroxylation is 1. The average Bonchev–Trinajstić information content (AvgIpc) is 3.37. The number of nitrogens with zero attached hydrogens (tertiary/aromatic N) is 6. The predicted octanol–water partition coefficient (Wildman–Crippen LogP) is 3.17. The Kier molecular flexibility index (Phi) is 8.21. The molecule has 0 N–H and O–H groups in total. The van der Waals surface area contributed by atoms with Crippen molar-refractivity contribution >= 4 is 34.8 Å². The quantitative estimate of drug-likeness (QED) is 0.433. The molecule has 0 unspecified atom stereocenters. The molecule has 0 spiro atoms. The molecule has 198 valence electrons. The van der Waals surface area contributed by atoms with Gasteiger partial charge in [0.25, 0.3) is 0 Å². The minimum atomic E-state index is -0.617. The molecule has 2 atom stereocenters. The molecule has 11 nitrogen and oxygen atoms in total. The molecule has 3 aromatic rings. The van der Waals surface area contributed by atoms with E-state index in [9.17, 15) is 14.4 Å². The Morgan fingerprint density at radius 2 is 1.95 bits per heavy atom. The van der Waals surface area contributed by atoms with Crippen molar-refractivity contribution in [2.45, 2.75) is 38.6 Å². The molecule has 0 saturated carbocycles.